The molecule has 0 aromatic heterocycles. The lowest BCUT2D eigenvalue weighted by molar-refractivity contribution is -0.897. The number of rotatable bonds is 16. The highest BCUT2D eigenvalue weighted by atomic mass is 16.3. The Morgan fingerprint density at radius 2 is 1.00 bits per heavy atom. The predicted octanol–water partition coefficient (Wildman–Crippen LogP) is 5.92. The van der Waals surface area contributed by atoms with Gasteiger partial charge < -0.3 is 9.59 Å². The van der Waals surface area contributed by atoms with E-state index in [-0.39, 0.29) is 6.10 Å². The van der Waals surface area contributed by atoms with Gasteiger partial charge in [-0.15, -0.1) is 0 Å². The predicted molar refractivity (Wildman–Crippen MR) is 104 cm³/mol. The maximum atomic E-state index is 10.2. The summed E-state index contributed by atoms with van der Waals surface area (Å²) < 4.78 is 0.847. The maximum Gasteiger partial charge on any atom is 0.112 e. The van der Waals surface area contributed by atoms with Crippen molar-refractivity contribution in [1.29, 1.82) is 0 Å². The number of aliphatic hydroxyl groups excluding tert-OH is 1. The van der Waals surface area contributed by atoms with Gasteiger partial charge in [0, 0.05) is 0 Å². The van der Waals surface area contributed by atoms with Crippen LogP contribution in [0.15, 0.2) is 0 Å². The molecule has 0 saturated carbocycles. The Morgan fingerprint density at radius 1 is 0.652 bits per heavy atom. The van der Waals surface area contributed by atoms with Crippen LogP contribution < -0.4 is 0 Å². The summed E-state index contributed by atoms with van der Waals surface area (Å²) in [6.45, 7) is 4.44. The molecule has 0 heterocycles. The van der Waals surface area contributed by atoms with Gasteiger partial charge in [-0.2, -0.15) is 0 Å². The topological polar surface area (TPSA) is 20.2 Å². The van der Waals surface area contributed by atoms with Crippen molar-refractivity contribution in [3.8, 4) is 0 Å². The zero-order chi connectivity index (χ0) is 17.6. The van der Waals surface area contributed by atoms with Gasteiger partial charge in [0.2, 0.25) is 0 Å². The van der Waals surface area contributed by atoms with Gasteiger partial charge in [0.05, 0.1) is 21.1 Å². The van der Waals surface area contributed by atoms with Crippen molar-refractivity contribution < 1.29 is 9.59 Å². The molecule has 0 spiro atoms. The average molecular weight is 329 g/mol. The molecule has 0 aromatic carbocycles. The molecule has 0 aliphatic heterocycles. The maximum absolute atomic E-state index is 10.2. The molecule has 2 nitrogen and oxygen atoms in total. The Kier molecular flexibility index (Phi) is 14.2. The van der Waals surface area contributed by atoms with Gasteiger partial charge in [0.1, 0.15) is 12.1 Å². The lowest BCUT2D eigenvalue weighted by Gasteiger charge is -2.34. The first kappa shape index (κ1) is 22.9. The molecule has 23 heavy (non-hydrogen) atoms. The van der Waals surface area contributed by atoms with Crippen molar-refractivity contribution in [3.05, 3.63) is 0 Å². The molecular weight excluding hydrogens is 282 g/mol. The molecule has 0 unspecified atom stereocenters. The molecule has 0 aliphatic carbocycles. The second-order valence-corrected chi connectivity index (χ2v) is 8.46. The van der Waals surface area contributed by atoms with Gasteiger partial charge in [-0.3, -0.25) is 0 Å². The van der Waals surface area contributed by atoms with Crippen LogP contribution in [-0.4, -0.2) is 42.9 Å². The Labute approximate surface area is 147 Å². The highest BCUT2D eigenvalue weighted by Crippen LogP contribution is 2.16. The smallest absolute Gasteiger partial charge is 0.112 e. The van der Waals surface area contributed by atoms with E-state index in [0.29, 0.717) is 6.04 Å². The van der Waals surface area contributed by atoms with E-state index in [4.69, 9.17) is 0 Å². The number of hydrogen-bond acceptors (Lipinski definition) is 1. The molecule has 140 valence electrons. The van der Waals surface area contributed by atoms with E-state index in [2.05, 4.69) is 35.0 Å². The third kappa shape index (κ3) is 14.0. The number of aliphatic hydroxyl groups is 1. The number of unbranched alkanes of at least 4 members (excludes halogenated alkanes) is 12. The summed E-state index contributed by atoms with van der Waals surface area (Å²) in [5.41, 5.74) is 0. The first-order valence-electron chi connectivity index (χ1n) is 10.4. The second-order valence-electron chi connectivity index (χ2n) is 8.46. The zero-order valence-corrected chi connectivity index (χ0v) is 16.9. The molecule has 0 radical (unpaired) electrons. The largest absolute Gasteiger partial charge is 0.387 e. The zero-order valence-electron chi connectivity index (χ0n) is 16.9. The van der Waals surface area contributed by atoms with Gasteiger partial charge in [0.25, 0.3) is 0 Å². The Bertz CT molecular complexity index is 247. The van der Waals surface area contributed by atoms with Crippen molar-refractivity contribution in [2.75, 3.05) is 21.1 Å². The highest BCUT2D eigenvalue weighted by Gasteiger charge is 2.25. The van der Waals surface area contributed by atoms with Crippen LogP contribution in [0, 0.1) is 0 Å². The molecule has 0 saturated heterocycles. The van der Waals surface area contributed by atoms with E-state index < -0.39 is 0 Å². The average Bonchev–Trinajstić information content (AvgIpc) is 2.50. The molecule has 0 aliphatic rings. The van der Waals surface area contributed by atoms with Gasteiger partial charge in [-0.25, -0.2) is 0 Å². The van der Waals surface area contributed by atoms with Gasteiger partial charge >= 0.3 is 0 Å². The highest BCUT2D eigenvalue weighted by molar-refractivity contribution is 4.64. The van der Waals surface area contributed by atoms with Crippen LogP contribution in [-0.2, 0) is 0 Å². The van der Waals surface area contributed by atoms with Crippen molar-refractivity contribution in [1.82, 2.24) is 0 Å². The summed E-state index contributed by atoms with van der Waals surface area (Å²) >= 11 is 0. The van der Waals surface area contributed by atoms with Crippen LogP contribution in [0.4, 0.5) is 0 Å². The molecule has 2 atom stereocenters. The summed E-state index contributed by atoms with van der Waals surface area (Å²) in [4.78, 5) is 0. The molecule has 0 amide bonds. The van der Waals surface area contributed by atoms with Gasteiger partial charge in [-0.05, 0) is 13.3 Å². The minimum atomic E-state index is -0.150. The quantitative estimate of drug-likeness (QED) is 0.275. The third-order valence-electron chi connectivity index (χ3n) is 5.38. The van der Waals surface area contributed by atoms with E-state index >= 15 is 0 Å². The molecule has 2 heteroatoms. The summed E-state index contributed by atoms with van der Waals surface area (Å²) in [6.07, 6.45) is 18.8. The first-order valence-corrected chi connectivity index (χ1v) is 10.4. The van der Waals surface area contributed by atoms with E-state index in [0.717, 1.165) is 10.9 Å². The number of hydrogen-bond donors (Lipinski definition) is 1. The van der Waals surface area contributed by atoms with E-state index in [9.17, 15) is 5.11 Å². The van der Waals surface area contributed by atoms with Crippen LogP contribution in [0.5, 0.6) is 0 Å². The van der Waals surface area contributed by atoms with E-state index in [1.54, 1.807) is 0 Å². The van der Waals surface area contributed by atoms with Crippen molar-refractivity contribution >= 4 is 0 Å². The molecule has 1 N–H and O–H groups in total. The number of likely N-dealkylation sites (N-methyl/N-ethyl adjacent to an activating group) is 1. The van der Waals surface area contributed by atoms with Crippen molar-refractivity contribution in [2.45, 2.75) is 116 Å². The minimum absolute atomic E-state index is 0.150. The van der Waals surface area contributed by atoms with Crippen LogP contribution in [0.1, 0.15) is 104 Å². The Balaban J connectivity index is 3.28. The lowest BCUT2D eigenvalue weighted by atomic mass is 10.0. The molecular formula is C21H46NO+. The number of nitrogens with zero attached hydrogens (tertiary/aromatic N) is 1. The molecule has 0 rings (SSSR count). The molecule has 0 aromatic rings. The van der Waals surface area contributed by atoms with Crippen LogP contribution >= 0.6 is 0 Å². The fraction of sp³-hybridized carbons (Fsp3) is 1.00. The Morgan fingerprint density at radius 3 is 1.35 bits per heavy atom. The lowest BCUT2D eigenvalue weighted by Crippen LogP contribution is -2.49. The van der Waals surface area contributed by atoms with Crippen LogP contribution in [0.25, 0.3) is 0 Å². The summed E-state index contributed by atoms with van der Waals surface area (Å²) in [5.74, 6) is 0. The van der Waals surface area contributed by atoms with E-state index in [1.165, 1.54) is 83.5 Å². The minimum Gasteiger partial charge on any atom is -0.387 e. The van der Waals surface area contributed by atoms with E-state index in [1.807, 2.05) is 0 Å². The summed E-state index contributed by atoms with van der Waals surface area (Å²) in [7, 11) is 6.49. The van der Waals surface area contributed by atoms with Crippen LogP contribution in [0.2, 0.25) is 0 Å². The SMILES string of the molecule is CCCCCCCCCCCCCCC[C@@H](O)[C@H](C)[N+](C)(C)C. The van der Waals surface area contributed by atoms with Gasteiger partial charge in [-0.1, -0.05) is 90.4 Å². The fourth-order valence-electron chi connectivity index (χ4n) is 3.13. The third-order valence-corrected chi connectivity index (χ3v) is 5.38. The normalized spacial score (nSPS) is 14.9. The fourth-order valence-corrected chi connectivity index (χ4v) is 3.13. The summed E-state index contributed by atoms with van der Waals surface area (Å²) in [6, 6.07) is 0.326. The summed E-state index contributed by atoms with van der Waals surface area (Å²) in [5, 5.41) is 10.2. The standard InChI is InChI=1S/C21H46NO/c1-6-7-8-9-10-11-12-13-14-15-16-17-18-19-21(23)20(2)22(3,4)5/h20-21,23H,6-19H2,1-5H3/q+1/t20-,21+/m0/s1. The monoisotopic (exact) mass is 328 g/mol. The Hall–Kier alpha value is -0.0800. The van der Waals surface area contributed by atoms with Crippen LogP contribution in [0.3, 0.4) is 0 Å². The number of quaternary nitrogens is 1. The molecule has 0 fully saturated rings. The molecule has 0 bridgehead atoms. The van der Waals surface area contributed by atoms with Crippen molar-refractivity contribution in [2.24, 2.45) is 0 Å². The van der Waals surface area contributed by atoms with Crippen molar-refractivity contribution in [3.63, 3.8) is 0 Å². The first-order chi connectivity index (χ1) is 10.9. The van der Waals surface area contributed by atoms with Gasteiger partial charge in [0.15, 0.2) is 0 Å². The second kappa shape index (κ2) is 14.3.